The van der Waals surface area contributed by atoms with Gasteiger partial charge in [-0.3, -0.25) is 4.79 Å². The summed E-state index contributed by atoms with van der Waals surface area (Å²) < 4.78 is 0. The molecule has 1 N–H and O–H groups in total. The van der Waals surface area contributed by atoms with Crippen molar-refractivity contribution in [1.82, 2.24) is 15.1 Å². The number of benzene rings is 1. The number of piperidine rings is 3. The largest absolute Gasteiger partial charge is 0.341 e. The molecule has 26 heavy (non-hydrogen) atoms. The molecule has 4 nitrogen and oxygen atoms in total. The molecule has 4 rings (SSSR count). The van der Waals surface area contributed by atoms with Crippen molar-refractivity contribution < 1.29 is 4.79 Å². The minimum atomic E-state index is 0.380. The summed E-state index contributed by atoms with van der Waals surface area (Å²) in [6.07, 6.45) is 6.88. The van der Waals surface area contributed by atoms with Crippen LogP contribution in [-0.4, -0.2) is 61.5 Å². The van der Waals surface area contributed by atoms with Gasteiger partial charge in [0.25, 0.3) is 0 Å². The Morgan fingerprint density at radius 1 is 1.08 bits per heavy atom. The average molecular weight is 356 g/mol. The van der Waals surface area contributed by atoms with Gasteiger partial charge in [0.1, 0.15) is 0 Å². The predicted octanol–water partition coefficient (Wildman–Crippen LogP) is 2.86. The van der Waals surface area contributed by atoms with Gasteiger partial charge in [-0.05, 0) is 68.6 Å². The van der Waals surface area contributed by atoms with Gasteiger partial charge in [-0.15, -0.1) is 0 Å². The van der Waals surface area contributed by atoms with Gasteiger partial charge in [0, 0.05) is 32.6 Å². The van der Waals surface area contributed by atoms with E-state index in [0.29, 0.717) is 17.2 Å². The molecule has 0 saturated carbocycles. The Morgan fingerprint density at radius 2 is 1.88 bits per heavy atom. The van der Waals surface area contributed by atoms with Gasteiger partial charge < -0.3 is 15.1 Å². The number of nitrogens with one attached hydrogen (secondary N) is 1. The first-order valence-electron chi connectivity index (χ1n) is 10.5. The van der Waals surface area contributed by atoms with Crippen LogP contribution in [0.1, 0.15) is 50.0 Å². The molecule has 1 spiro atoms. The van der Waals surface area contributed by atoms with E-state index in [-0.39, 0.29) is 0 Å². The second-order valence-corrected chi connectivity index (χ2v) is 8.62. The van der Waals surface area contributed by atoms with Gasteiger partial charge in [-0.2, -0.15) is 0 Å². The molecule has 3 aliphatic rings. The fourth-order valence-electron chi connectivity index (χ4n) is 5.19. The summed E-state index contributed by atoms with van der Waals surface area (Å²) in [6.45, 7) is 7.49. The van der Waals surface area contributed by atoms with Crippen LogP contribution in [0.3, 0.4) is 0 Å². The minimum absolute atomic E-state index is 0.380. The van der Waals surface area contributed by atoms with Crippen molar-refractivity contribution >= 4 is 5.91 Å². The molecule has 0 radical (unpaired) electrons. The van der Waals surface area contributed by atoms with Crippen molar-refractivity contribution in [3.05, 3.63) is 35.9 Å². The first-order valence-corrected chi connectivity index (χ1v) is 10.5. The van der Waals surface area contributed by atoms with E-state index < -0.39 is 0 Å². The Kier molecular flexibility index (Phi) is 5.60. The molecular formula is C22H33N3O. The Balaban J connectivity index is 1.32. The van der Waals surface area contributed by atoms with Crippen molar-refractivity contribution in [2.45, 2.75) is 44.4 Å². The summed E-state index contributed by atoms with van der Waals surface area (Å²) in [5.41, 5.74) is 1.87. The van der Waals surface area contributed by atoms with Crippen molar-refractivity contribution in [3.8, 4) is 0 Å². The SMILES string of the molecule is O=C1CCC2(CCNCC2)CN1CCN1CCC[C@H](c2ccccc2)C1. The smallest absolute Gasteiger partial charge is 0.222 e. The molecule has 3 saturated heterocycles. The van der Waals surface area contributed by atoms with Gasteiger partial charge in [0.15, 0.2) is 0 Å². The summed E-state index contributed by atoms with van der Waals surface area (Å²) >= 11 is 0. The molecule has 142 valence electrons. The number of hydrogen-bond donors (Lipinski definition) is 1. The first-order chi connectivity index (χ1) is 12.7. The summed E-state index contributed by atoms with van der Waals surface area (Å²) in [5.74, 6) is 1.03. The van der Waals surface area contributed by atoms with Crippen LogP contribution < -0.4 is 5.32 Å². The Bertz CT molecular complexity index is 597. The molecule has 1 aromatic carbocycles. The van der Waals surface area contributed by atoms with Gasteiger partial charge in [0.05, 0.1) is 0 Å². The van der Waals surface area contributed by atoms with Crippen LogP contribution in [0.25, 0.3) is 0 Å². The third-order valence-electron chi connectivity index (χ3n) is 6.88. The van der Waals surface area contributed by atoms with E-state index in [1.54, 1.807) is 0 Å². The topological polar surface area (TPSA) is 35.6 Å². The number of likely N-dealkylation sites (tertiary alicyclic amines) is 2. The summed E-state index contributed by atoms with van der Waals surface area (Å²) in [4.78, 5) is 17.2. The minimum Gasteiger partial charge on any atom is -0.341 e. The predicted molar refractivity (Wildman–Crippen MR) is 105 cm³/mol. The maximum Gasteiger partial charge on any atom is 0.222 e. The molecule has 1 aromatic rings. The maximum atomic E-state index is 12.5. The summed E-state index contributed by atoms with van der Waals surface area (Å²) in [6, 6.07) is 10.9. The van der Waals surface area contributed by atoms with Crippen LogP contribution in [0.4, 0.5) is 0 Å². The van der Waals surface area contributed by atoms with E-state index in [0.717, 1.165) is 52.1 Å². The molecule has 0 unspecified atom stereocenters. The Hall–Kier alpha value is -1.39. The van der Waals surface area contributed by atoms with Crippen LogP contribution in [0.5, 0.6) is 0 Å². The van der Waals surface area contributed by atoms with Crippen LogP contribution in [-0.2, 0) is 4.79 Å². The van der Waals surface area contributed by atoms with Crippen molar-refractivity contribution in [1.29, 1.82) is 0 Å². The average Bonchev–Trinajstić information content (AvgIpc) is 2.70. The number of carbonyl (C=O) groups is 1. The molecule has 3 fully saturated rings. The third kappa shape index (κ3) is 4.12. The molecule has 3 heterocycles. The lowest BCUT2D eigenvalue weighted by Gasteiger charge is -2.45. The molecular weight excluding hydrogens is 322 g/mol. The van der Waals surface area contributed by atoms with Crippen molar-refractivity contribution in [2.75, 3.05) is 45.8 Å². The number of amides is 1. The summed E-state index contributed by atoms with van der Waals surface area (Å²) in [5, 5.41) is 3.47. The zero-order valence-corrected chi connectivity index (χ0v) is 16.0. The molecule has 3 aliphatic heterocycles. The molecule has 0 aliphatic carbocycles. The van der Waals surface area contributed by atoms with E-state index in [1.807, 2.05) is 0 Å². The number of hydrogen-bond acceptors (Lipinski definition) is 3. The van der Waals surface area contributed by atoms with Crippen LogP contribution in [0, 0.1) is 5.41 Å². The van der Waals surface area contributed by atoms with E-state index in [4.69, 9.17) is 0 Å². The summed E-state index contributed by atoms with van der Waals surface area (Å²) in [7, 11) is 0. The van der Waals surface area contributed by atoms with Gasteiger partial charge >= 0.3 is 0 Å². The molecule has 1 amide bonds. The highest BCUT2D eigenvalue weighted by atomic mass is 16.2. The third-order valence-corrected chi connectivity index (χ3v) is 6.88. The highest BCUT2D eigenvalue weighted by Gasteiger charge is 2.39. The highest BCUT2D eigenvalue weighted by molar-refractivity contribution is 5.77. The molecule has 1 atom stereocenters. The Morgan fingerprint density at radius 3 is 2.69 bits per heavy atom. The van der Waals surface area contributed by atoms with E-state index >= 15 is 0 Å². The monoisotopic (exact) mass is 355 g/mol. The lowest BCUT2D eigenvalue weighted by molar-refractivity contribution is -0.138. The van der Waals surface area contributed by atoms with E-state index in [2.05, 4.69) is 45.4 Å². The fourth-order valence-corrected chi connectivity index (χ4v) is 5.19. The van der Waals surface area contributed by atoms with Crippen LogP contribution in [0.2, 0.25) is 0 Å². The van der Waals surface area contributed by atoms with Crippen molar-refractivity contribution in [2.24, 2.45) is 5.41 Å². The molecule has 0 bridgehead atoms. The van der Waals surface area contributed by atoms with E-state index in [1.165, 1.54) is 37.8 Å². The number of nitrogens with zero attached hydrogens (tertiary/aromatic N) is 2. The lowest BCUT2D eigenvalue weighted by Crippen LogP contribution is -2.52. The fraction of sp³-hybridized carbons (Fsp3) is 0.682. The Labute approximate surface area is 157 Å². The second-order valence-electron chi connectivity index (χ2n) is 8.62. The zero-order valence-electron chi connectivity index (χ0n) is 16.0. The van der Waals surface area contributed by atoms with Crippen LogP contribution >= 0.6 is 0 Å². The number of carbonyl (C=O) groups excluding carboxylic acids is 1. The van der Waals surface area contributed by atoms with Gasteiger partial charge in [-0.25, -0.2) is 0 Å². The quantitative estimate of drug-likeness (QED) is 0.902. The first kappa shape index (κ1) is 18.0. The lowest BCUT2D eigenvalue weighted by atomic mass is 9.73. The van der Waals surface area contributed by atoms with Crippen molar-refractivity contribution in [3.63, 3.8) is 0 Å². The second kappa shape index (κ2) is 8.10. The standard InChI is InChI=1S/C22H33N3O/c26-21-8-9-22(10-12-23-13-11-22)18-25(21)16-15-24-14-4-7-20(17-24)19-5-2-1-3-6-19/h1-3,5-6,20,23H,4,7-18H2/t20-/m0/s1. The molecule has 0 aromatic heterocycles. The number of rotatable bonds is 4. The van der Waals surface area contributed by atoms with Gasteiger partial charge in [0.2, 0.25) is 5.91 Å². The normalized spacial score (nSPS) is 27.0. The molecule has 4 heteroatoms. The zero-order chi connectivity index (χ0) is 17.8. The highest BCUT2D eigenvalue weighted by Crippen LogP contribution is 2.38. The maximum absolute atomic E-state index is 12.5. The van der Waals surface area contributed by atoms with Crippen LogP contribution in [0.15, 0.2) is 30.3 Å². The van der Waals surface area contributed by atoms with E-state index in [9.17, 15) is 4.79 Å². The van der Waals surface area contributed by atoms with Gasteiger partial charge in [-0.1, -0.05) is 30.3 Å².